The zero-order chi connectivity index (χ0) is 40.7. The van der Waals surface area contributed by atoms with Crippen molar-refractivity contribution < 1.29 is 4.74 Å². The van der Waals surface area contributed by atoms with Crippen LogP contribution in [0.1, 0.15) is 31.9 Å². The van der Waals surface area contributed by atoms with Gasteiger partial charge >= 0.3 is 0 Å². The molecule has 1 aliphatic heterocycles. The fraction of sp³-hybridized carbons (Fsp3) is 0.130. The van der Waals surface area contributed by atoms with Crippen molar-refractivity contribution in [1.82, 2.24) is 14.1 Å². The van der Waals surface area contributed by atoms with E-state index in [4.69, 9.17) is 9.72 Å². The number of hydrogen-bond acceptors (Lipinski definition) is 4. The van der Waals surface area contributed by atoms with Crippen molar-refractivity contribution in [2.75, 3.05) is 23.5 Å². The molecule has 7 aromatic carbocycles. The van der Waals surface area contributed by atoms with Gasteiger partial charge in [0.15, 0.2) is 0 Å². The molecule has 10 aromatic rings. The van der Waals surface area contributed by atoms with Crippen molar-refractivity contribution in [1.29, 1.82) is 0 Å². The summed E-state index contributed by atoms with van der Waals surface area (Å²) < 4.78 is 11.6. The van der Waals surface area contributed by atoms with Crippen LogP contribution in [-0.4, -0.2) is 27.8 Å². The summed E-state index contributed by atoms with van der Waals surface area (Å²) in [6, 6.07) is 58.7. The largest absolute Gasteiger partial charge is 0.457 e. The predicted octanol–water partition coefficient (Wildman–Crippen LogP) is 13.9. The molecule has 0 saturated heterocycles. The second-order valence-corrected chi connectivity index (χ2v) is 17.2. The van der Waals surface area contributed by atoms with Crippen LogP contribution in [-0.2, 0) is 5.41 Å². The average molecular weight is 780 g/mol. The molecule has 11 rings (SSSR count). The molecular formula is C54H45N5O. The fourth-order valence-electron chi connectivity index (χ4n) is 9.08. The van der Waals surface area contributed by atoms with Gasteiger partial charge in [-0.25, -0.2) is 4.98 Å². The van der Waals surface area contributed by atoms with Gasteiger partial charge in [0.2, 0.25) is 0 Å². The maximum Gasteiger partial charge on any atom is 0.139 e. The van der Waals surface area contributed by atoms with Gasteiger partial charge in [-0.1, -0.05) is 105 Å². The van der Waals surface area contributed by atoms with Crippen molar-refractivity contribution >= 4 is 60.7 Å². The van der Waals surface area contributed by atoms with Crippen molar-refractivity contribution in [2.45, 2.75) is 33.1 Å². The first-order chi connectivity index (χ1) is 29.2. The molecule has 0 atom stereocenters. The van der Waals surface area contributed by atoms with E-state index >= 15 is 0 Å². The number of rotatable bonds is 6. The summed E-state index contributed by atoms with van der Waals surface area (Å²) in [5, 5.41) is 4.64. The van der Waals surface area contributed by atoms with E-state index in [0.29, 0.717) is 0 Å². The first-order valence-electron chi connectivity index (χ1n) is 20.7. The van der Waals surface area contributed by atoms with E-state index in [1.807, 2.05) is 6.20 Å². The molecule has 0 unspecified atom stereocenters. The van der Waals surface area contributed by atoms with Gasteiger partial charge in [-0.05, 0) is 95.8 Å². The quantitative estimate of drug-likeness (QED) is 0.168. The molecular weight excluding hydrogens is 735 g/mol. The Kier molecular flexibility index (Phi) is 8.14. The third kappa shape index (κ3) is 5.90. The molecule has 0 fully saturated rings. The highest BCUT2D eigenvalue weighted by Gasteiger charge is 2.27. The molecule has 0 N–H and O–H groups in total. The highest BCUT2D eigenvalue weighted by Crippen LogP contribution is 2.45. The molecule has 3 aromatic heterocycles. The Morgan fingerprint density at radius 2 is 1.25 bits per heavy atom. The molecule has 0 spiro atoms. The molecule has 4 heterocycles. The van der Waals surface area contributed by atoms with Gasteiger partial charge in [0.05, 0.1) is 40.1 Å². The van der Waals surface area contributed by atoms with E-state index in [-0.39, 0.29) is 5.41 Å². The van der Waals surface area contributed by atoms with E-state index in [1.165, 1.54) is 44.4 Å². The van der Waals surface area contributed by atoms with Crippen LogP contribution in [0.2, 0.25) is 0 Å². The Bertz CT molecular complexity index is 3280. The first-order valence-corrected chi connectivity index (χ1v) is 20.7. The molecule has 0 amide bonds. The molecule has 0 aliphatic carbocycles. The SMILES string of the molecule is Cc1ccc2c(c1)c1cnc(-n3c4ccccc4c4ccc(Oc5cc(N6CN(C)c7ccc(-c8ccccc8)cc76)cc(C(C)(C)C)c5)cc43)cc1n2-c1ccccc1. The number of benzene rings is 7. The molecule has 0 saturated carbocycles. The summed E-state index contributed by atoms with van der Waals surface area (Å²) in [6.07, 6.45) is 2.04. The zero-order valence-electron chi connectivity index (χ0n) is 34.5. The van der Waals surface area contributed by atoms with Gasteiger partial charge in [0.25, 0.3) is 0 Å². The third-order valence-corrected chi connectivity index (χ3v) is 12.1. The van der Waals surface area contributed by atoms with E-state index < -0.39 is 0 Å². The van der Waals surface area contributed by atoms with Crippen molar-refractivity contribution in [3.05, 3.63) is 181 Å². The lowest BCUT2D eigenvalue weighted by molar-refractivity contribution is 0.479. The smallest absolute Gasteiger partial charge is 0.139 e. The van der Waals surface area contributed by atoms with Gasteiger partial charge < -0.3 is 19.1 Å². The van der Waals surface area contributed by atoms with Crippen LogP contribution < -0.4 is 14.5 Å². The topological polar surface area (TPSA) is 38.5 Å². The lowest BCUT2D eigenvalue weighted by Gasteiger charge is -2.26. The second-order valence-electron chi connectivity index (χ2n) is 17.2. The standard InChI is InChI=1S/C54H45N5O/c1-35-20-24-48-45(26-35)46-33-55-53(32-51(46)58(48)39-16-10-7-11-17-39)59-47-19-13-12-18-43(47)44-23-22-41(31-50(44)59)60-42-29-38(54(2,3)4)28-40(30-42)57-34-56(5)49-25-21-37(27-52(49)57)36-14-8-6-9-15-36/h6-33H,34H2,1-5H3. The Hall–Kier alpha value is -7.31. The van der Waals surface area contributed by atoms with Gasteiger partial charge in [0, 0.05) is 64.4 Å². The van der Waals surface area contributed by atoms with E-state index in [1.54, 1.807) is 0 Å². The van der Waals surface area contributed by atoms with Crippen molar-refractivity contribution in [3.63, 3.8) is 0 Å². The Morgan fingerprint density at radius 1 is 0.517 bits per heavy atom. The number of pyridine rings is 1. The number of fused-ring (bicyclic) bond motifs is 7. The van der Waals surface area contributed by atoms with Crippen LogP contribution in [0.5, 0.6) is 11.5 Å². The zero-order valence-corrected chi connectivity index (χ0v) is 34.5. The van der Waals surface area contributed by atoms with E-state index in [9.17, 15) is 0 Å². The highest BCUT2D eigenvalue weighted by molar-refractivity contribution is 6.11. The van der Waals surface area contributed by atoms with Crippen LogP contribution in [0.3, 0.4) is 0 Å². The minimum absolute atomic E-state index is 0.101. The molecule has 292 valence electrons. The Labute approximate surface area is 350 Å². The summed E-state index contributed by atoms with van der Waals surface area (Å²) >= 11 is 0. The maximum atomic E-state index is 6.94. The summed E-state index contributed by atoms with van der Waals surface area (Å²) in [6.45, 7) is 9.68. The molecule has 1 aliphatic rings. The van der Waals surface area contributed by atoms with Gasteiger partial charge in [-0.15, -0.1) is 0 Å². The summed E-state index contributed by atoms with van der Waals surface area (Å²) in [7, 11) is 2.16. The Balaban J connectivity index is 1.04. The van der Waals surface area contributed by atoms with Crippen molar-refractivity contribution in [2.24, 2.45) is 0 Å². The lowest BCUT2D eigenvalue weighted by atomic mass is 9.86. The second kappa shape index (κ2) is 13.6. The summed E-state index contributed by atoms with van der Waals surface area (Å²) in [5.74, 6) is 2.42. The number of aryl methyl sites for hydroxylation is 1. The lowest BCUT2D eigenvalue weighted by Crippen LogP contribution is -2.24. The molecule has 0 bridgehead atoms. The number of ether oxygens (including phenoxy) is 1. The normalized spacial score (nSPS) is 12.9. The maximum absolute atomic E-state index is 6.94. The Morgan fingerprint density at radius 3 is 2.07 bits per heavy atom. The summed E-state index contributed by atoms with van der Waals surface area (Å²) in [4.78, 5) is 9.91. The van der Waals surface area contributed by atoms with E-state index in [0.717, 1.165) is 68.2 Å². The number of nitrogens with zero attached hydrogens (tertiary/aromatic N) is 5. The fourth-order valence-corrected chi connectivity index (χ4v) is 9.08. The van der Waals surface area contributed by atoms with Crippen LogP contribution in [0.25, 0.3) is 66.2 Å². The van der Waals surface area contributed by atoms with Gasteiger partial charge in [0.1, 0.15) is 17.3 Å². The number of hydrogen-bond donors (Lipinski definition) is 0. The molecule has 6 nitrogen and oxygen atoms in total. The van der Waals surface area contributed by atoms with Crippen LogP contribution >= 0.6 is 0 Å². The number of para-hydroxylation sites is 2. The number of aromatic nitrogens is 3. The minimum Gasteiger partial charge on any atom is -0.457 e. The van der Waals surface area contributed by atoms with Crippen LogP contribution in [0.4, 0.5) is 17.1 Å². The molecule has 6 heteroatoms. The van der Waals surface area contributed by atoms with E-state index in [2.05, 4.69) is 217 Å². The third-order valence-electron chi connectivity index (χ3n) is 12.1. The average Bonchev–Trinajstić information content (AvgIpc) is 3.89. The predicted molar refractivity (Wildman–Crippen MR) is 250 cm³/mol. The minimum atomic E-state index is -0.101. The van der Waals surface area contributed by atoms with Crippen LogP contribution in [0.15, 0.2) is 170 Å². The van der Waals surface area contributed by atoms with Crippen molar-refractivity contribution in [3.8, 4) is 34.1 Å². The summed E-state index contributed by atoms with van der Waals surface area (Å²) in [5.41, 5.74) is 13.8. The number of anilines is 3. The highest BCUT2D eigenvalue weighted by atomic mass is 16.5. The monoisotopic (exact) mass is 779 g/mol. The molecule has 0 radical (unpaired) electrons. The van der Waals surface area contributed by atoms with Gasteiger partial charge in [-0.2, -0.15) is 0 Å². The van der Waals surface area contributed by atoms with Crippen LogP contribution in [0, 0.1) is 6.92 Å². The first kappa shape index (κ1) is 35.8. The molecule has 60 heavy (non-hydrogen) atoms. The van der Waals surface area contributed by atoms with Gasteiger partial charge in [-0.3, -0.25) is 4.57 Å².